The first-order valence-corrected chi connectivity index (χ1v) is 7.96. The number of aromatic nitrogens is 2. The molecule has 0 aliphatic heterocycles. The average Bonchev–Trinajstić information content (AvgIpc) is 2.92. The highest BCUT2D eigenvalue weighted by molar-refractivity contribution is 6.31. The second-order valence-electron chi connectivity index (χ2n) is 5.62. The van der Waals surface area contributed by atoms with Crippen molar-refractivity contribution in [1.82, 2.24) is 15.4 Å². The van der Waals surface area contributed by atoms with Crippen molar-refractivity contribution in [3.05, 3.63) is 64.1 Å². The van der Waals surface area contributed by atoms with Crippen molar-refractivity contribution in [2.45, 2.75) is 13.3 Å². The first kappa shape index (κ1) is 17.1. The van der Waals surface area contributed by atoms with Gasteiger partial charge in [0.1, 0.15) is 5.69 Å². The van der Waals surface area contributed by atoms with Gasteiger partial charge in [-0.3, -0.25) is 19.4 Å². The molecule has 1 aromatic carbocycles. The van der Waals surface area contributed by atoms with E-state index in [1.54, 1.807) is 30.5 Å². The van der Waals surface area contributed by atoms with E-state index in [0.29, 0.717) is 22.0 Å². The van der Waals surface area contributed by atoms with E-state index in [-0.39, 0.29) is 18.1 Å². The summed E-state index contributed by atoms with van der Waals surface area (Å²) in [5.41, 5.74) is 5.10. The van der Waals surface area contributed by atoms with E-state index in [4.69, 9.17) is 11.6 Å². The number of amides is 1. The van der Waals surface area contributed by atoms with Crippen LogP contribution in [0.15, 0.2) is 36.5 Å². The summed E-state index contributed by atoms with van der Waals surface area (Å²) in [5.74, 6) is -0.647. The van der Waals surface area contributed by atoms with Crippen LogP contribution in [-0.4, -0.2) is 28.8 Å². The molecule has 25 heavy (non-hydrogen) atoms. The van der Waals surface area contributed by atoms with Gasteiger partial charge in [-0.05, 0) is 48.4 Å². The van der Waals surface area contributed by atoms with Crippen LogP contribution in [0, 0.1) is 6.92 Å². The number of aromatic amines is 1. The molecule has 0 unspecified atom stereocenters. The number of carbonyl (C=O) groups is 2. The SMILES string of the molecule is CONC(=O)Cc1c(C(=O)c2cc(C)ccn2)[nH]c2ccc(Cl)cc12. The number of fused-ring (bicyclic) bond motifs is 1. The molecule has 2 aromatic heterocycles. The third-order valence-corrected chi connectivity index (χ3v) is 4.03. The second kappa shape index (κ2) is 7.04. The van der Waals surface area contributed by atoms with Crippen LogP contribution < -0.4 is 5.48 Å². The predicted molar refractivity (Wildman–Crippen MR) is 94.6 cm³/mol. The Kier molecular flexibility index (Phi) is 4.83. The number of nitrogens with zero attached hydrogens (tertiary/aromatic N) is 1. The molecule has 128 valence electrons. The number of hydrogen-bond acceptors (Lipinski definition) is 4. The quantitative estimate of drug-likeness (QED) is 0.543. The van der Waals surface area contributed by atoms with Gasteiger partial charge in [-0.25, -0.2) is 5.48 Å². The molecule has 0 bridgehead atoms. The van der Waals surface area contributed by atoms with Gasteiger partial charge in [-0.1, -0.05) is 11.6 Å². The van der Waals surface area contributed by atoms with Crippen LogP contribution in [0.25, 0.3) is 10.9 Å². The fourth-order valence-electron chi connectivity index (χ4n) is 2.70. The van der Waals surface area contributed by atoms with Crippen LogP contribution in [0.2, 0.25) is 5.02 Å². The van der Waals surface area contributed by atoms with Crippen LogP contribution in [0.1, 0.15) is 27.3 Å². The van der Waals surface area contributed by atoms with Crippen molar-refractivity contribution in [1.29, 1.82) is 0 Å². The van der Waals surface area contributed by atoms with E-state index < -0.39 is 0 Å². The van der Waals surface area contributed by atoms with Crippen LogP contribution in [0.3, 0.4) is 0 Å². The summed E-state index contributed by atoms with van der Waals surface area (Å²) >= 11 is 6.08. The maximum absolute atomic E-state index is 12.9. The van der Waals surface area contributed by atoms with Gasteiger partial charge in [0.15, 0.2) is 0 Å². The fraction of sp³-hybridized carbons (Fsp3) is 0.167. The van der Waals surface area contributed by atoms with E-state index in [1.807, 2.05) is 13.0 Å². The standard InChI is InChI=1S/C18H16ClN3O3/c1-10-5-6-20-15(7-10)18(24)17-13(9-16(23)22-25-2)12-8-11(19)3-4-14(12)21-17/h3-8,21H,9H2,1-2H3,(H,22,23). The number of H-pyrrole nitrogens is 1. The Morgan fingerprint density at radius 3 is 2.80 bits per heavy atom. The molecule has 6 nitrogen and oxygen atoms in total. The lowest BCUT2D eigenvalue weighted by atomic mass is 10.0. The van der Waals surface area contributed by atoms with Crippen LogP contribution in [0.5, 0.6) is 0 Å². The molecule has 7 heteroatoms. The van der Waals surface area contributed by atoms with Crippen LogP contribution in [0.4, 0.5) is 0 Å². The topological polar surface area (TPSA) is 84.1 Å². The fourth-order valence-corrected chi connectivity index (χ4v) is 2.87. The lowest BCUT2D eigenvalue weighted by molar-refractivity contribution is -0.130. The van der Waals surface area contributed by atoms with E-state index in [1.165, 1.54) is 7.11 Å². The minimum absolute atomic E-state index is 0.0267. The molecule has 2 N–H and O–H groups in total. The normalized spacial score (nSPS) is 10.8. The Bertz CT molecular complexity index is 965. The number of rotatable bonds is 5. The maximum Gasteiger partial charge on any atom is 0.248 e. The molecule has 0 saturated carbocycles. The maximum atomic E-state index is 12.9. The zero-order valence-electron chi connectivity index (χ0n) is 13.7. The first-order valence-electron chi connectivity index (χ1n) is 7.59. The van der Waals surface area contributed by atoms with E-state index in [2.05, 4.69) is 20.3 Å². The Balaban J connectivity index is 2.12. The Labute approximate surface area is 149 Å². The Morgan fingerprint density at radius 2 is 2.08 bits per heavy atom. The lowest BCUT2D eigenvalue weighted by Gasteiger charge is -2.05. The minimum Gasteiger partial charge on any atom is -0.352 e. The molecule has 0 atom stereocenters. The summed E-state index contributed by atoms with van der Waals surface area (Å²) in [6.45, 7) is 1.89. The predicted octanol–water partition coefficient (Wildman–Crippen LogP) is 2.98. The highest BCUT2D eigenvalue weighted by Crippen LogP contribution is 2.27. The Hall–Kier alpha value is -2.70. The Morgan fingerprint density at radius 1 is 1.28 bits per heavy atom. The number of carbonyl (C=O) groups excluding carboxylic acids is 2. The molecule has 2 heterocycles. The van der Waals surface area contributed by atoms with Crippen LogP contribution >= 0.6 is 11.6 Å². The average molecular weight is 358 g/mol. The molecule has 0 radical (unpaired) electrons. The van der Waals surface area contributed by atoms with Crippen molar-refractivity contribution >= 4 is 34.2 Å². The number of hydroxylamine groups is 1. The van der Waals surface area contributed by atoms with Gasteiger partial charge in [0.25, 0.3) is 0 Å². The molecule has 0 saturated heterocycles. The van der Waals surface area contributed by atoms with Gasteiger partial charge in [-0.2, -0.15) is 0 Å². The van der Waals surface area contributed by atoms with Gasteiger partial charge in [0.05, 0.1) is 19.2 Å². The summed E-state index contributed by atoms with van der Waals surface area (Å²) in [7, 11) is 1.35. The smallest absolute Gasteiger partial charge is 0.248 e. The van der Waals surface area contributed by atoms with Crippen molar-refractivity contribution in [2.24, 2.45) is 0 Å². The summed E-state index contributed by atoms with van der Waals surface area (Å²) < 4.78 is 0. The van der Waals surface area contributed by atoms with Gasteiger partial charge in [0.2, 0.25) is 11.7 Å². The zero-order valence-corrected chi connectivity index (χ0v) is 14.5. The molecule has 3 aromatic rings. The van der Waals surface area contributed by atoms with Crippen LogP contribution in [-0.2, 0) is 16.1 Å². The molecule has 3 rings (SSSR count). The van der Waals surface area contributed by atoms with E-state index in [0.717, 1.165) is 16.5 Å². The molecule has 0 fully saturated rings. The van der Waals surface area contributed by atoms with Gasteiger partial charge >= 0.3 is 0 Å². The summed E-state index contributed by atoms with van der Waals surface area (Å²) in [6, 6.07) is 8.74. The number of nitrogens with one attached hydrogen (secondary N) is 2. The van der Waals surface area contributed by atoms with Crippen molar-refractivity contribution in [2.75, 3.05) is 7.11 Å². The third kappa shape index (κ3) is 3.55. The zero-order chi connectivity index (χ0) is 18.0. The summed E-state index contributed by atoms with van der Waals surface area (Å²) in [5, 5.41) is 1.24. The minimum atomic E-state index is -0.366. The first-order chi connectivity index (χ1) is 12.0. The molecular formula is C18H16ClN3O3. The number of hydrogen-bond donors (Lipinski definition) is 2. The van der Waals surface area contributed by atoms with Gasteiger partial charge in [-0.15, -0.1) is 0 Å². The number of benzene rings is 1. The lowest BCUT2D eigenvalue weighted by Crippen LogP contribution is -2.24. The molecule has 1 amide bonds. The van der Waals surface area contributed by atoms with Crippen molar-refractivity contribution in [3.63, 3.8) is 0 Å². The largest absolute Gasteiger partial charge is 0.352 e. The third-order valence-electron chi connectivity index (χ3n) is 3.80. The molecule has 0 aliphatic rings. The van der Waals surface area contributed by atoms with Crippen molar-refractivity contribution in [3.8, 4) is 0 Å². The summed E-state index contributed by atoms with van der Waals surface area (Å²) in [4.78, 5) is 36.8. The van der Waals surface area contributed by atoms with E-state index >= 15 is 0 Å². The van der Waals surface area contributed by atoms with E-state index in [9.17, 15) is 9.59 Å². The number of ketones is 1. The van der Waals surface area contributed by atoms with Crippen molar-refractivity contribution < 1.29 is 14.4 Å². The molecule has 0 spiro atoms. The monoisotopic (exact) mass is 357 g/mol. The van der Waals surface area contributed by atoms with Gasteiger partial charge < -0.3 is 4.98 Å². The second-order valence-corrected chi connectivity index (χ2v) is 6.06. The van der Waals surface area contributed by atoms with Gasteiger partial charge in [0, 0.05) is 22.1 Å². The number of aryl methyl sites for hydroxylation is 1. The highest BCUT2D eigenvalue weighted by Gasteiger charge is 2.22. The number of pyridine rings is 1. The highest BCUT2D eigenvalue weighted by atomic mass is 35.5. The summed E-state index contributed by atoms with van der Waals surface area (Å²) in [6.07, 6.45) is 1.56. The molecular weight excluding hydrogens is 342 g/mol. The number of halogens is 1. The molecule has 0 aliphatic carbocycles.